The van der Waals surface area contributed by atoms with Gasteiger partial charge < -0.3 is 14.6 Å². The number of hydrogen-bond donors (Lipinski definition) is 1. The van der Waals surface area contributed by atoms with E-state index in [2.05, 4.69) is 21.2 Å². The Hall–Kier alpha value is -4.21. The maximum Gasteiger partial charge on any atom is 0.287 e. The highest BCUT2D eigenvalue weighted by Gasteiger charge is 2.25. The van der Waals surface area contributed by atoms with Crippen molar-refractivity contribution >= 4 is 44.2 Å². The van der Waals surface area contributed by atoms with Crippen LogP contribution >= 0.6 is 11.6 Å². The first-order valence-corrected chi connectivity index (χ1v) is 17.9. The number of carbonyl (C=O) groups is 2. The molecule has 2 aliphatic rings. The highest BCUT2D eigenvalue weighted by Crippen LogP contribution is 2.25. The van der Waals surface area contributed by atoms with Gasteiger partial charge in [0.25, 0.3) is 11.8 Å². The molecule has 1 aromatic heterocycles. The third-order valence-corrected chi connectivity index (χ3v) is 10.4. The van der Waals surface area contributed by atoms with Crippen LogP contribution in [0, 0.1) is 11.3 Å². The van der Waals surface area contributed by atoms with Gasteiger partial charge in [-0.15, -0.1) is 0 Å². The number of nitriles is 1. The Morgan fingerprint density at radius 2 is 1.55 bits per heavy atom. The van der Waals surface area contributed by atoms with Crippen molar-refractivity contribution in [1.29, 1.82) is 5.26 Å². The molecule has 47 heavy (non-hydrogen) atoms. The second kappa shape index (κ2) is 13.9. The first-order chi connectivity index (χ1) is 22.6. The summed E-state index contributed by atoms with van der Waals surface area (Å²) >= 11 is 6.22. The average molecular weight is 674 g/mol. The zero-order chi connectivity index (χ0) is 33.1. The van der Waals surface area contributed by atoms with E-state index in [0.29, 0.717) is 54.8 Å². The van der Waals surface area contributed by atoms with Crippen molar-refractivity contribution in [3.63, 3.8) is 0 Å². The summed E-state index contributed by atoms with van der Waals surface area (Å²) in [6.07, 6.45) is 2.80. The maximum absolute atomic E-state index is 13.4. The van der Waals surface area contributed by atoms with Crippen LogP contribution in [0.3, 0.4) is 0 Å². The molecule has 0 atom stereocenters. The summed E-state index contributed by atoms with van der Waals surface area (Å²) in [6, 6.07) is 21.8. The van der Waals surface area contributed by atoms with E-state index in [9.17, 15) is 18.0 Å². The van der Waals surface area contributed by atoms with E-state index < -0.39 is 9.84 Å². The number of piperazine rings is 1. The Labute approximate surface area is 279 Å². The van der Waals surface area contributed by atoms with E-state index in [0.717, 1.165) is 49.9 Å². The fourth-order valence-corrected chi connectivity index (χ4v) is 7.57. The third kappa shape index (κ3) is 7.85. The molecule has 0 bridgehead atoms. The lowest BCUT2D eigenvalue weighted by atomic mass is 10.0. The number of piperidine rings is 1. The molecule has 0 spiro atoms. The largest absolute Gasteiger partial charge is 0.451 e. The van der Waals surface area contributed by atoms with Gasteiger partial charge in [0.15, 0.2) is 15.6 Å². The van der Waals surface area contributed by atoms with Crippen LogP contribution in [0.25, 0.3) is 11.0 Å². The van der Waals surface area contributed by atoms with Gasteiger partial charge in [0, 0.05) is 75.6 Å². The number of likely N-dealkylation sites (tertiary alicyclic amines) is 1. The van der Waals surface area contributed by atoms with Gasteiger partial charge in [-0.05, 0) is 72.5 Å². The first kappa shape index (κ1) is 32.7. The minimum Gasteiger partial charge on any atom is -0.451 e. The van der Waals surface area contributed by atoms with Gasteiger partial charge in [0.2, 0.25) is 0 Å². The summed E-state index contributed by atoms with van der Waals surface area (Å²) in [7, 11) is -3.38. The molecule has 0 saturated carbocycles. The molecule has 10 nitrogen and oxygen atoms in total. The van der Waals surface area contributed by atoms with Crippen LogP contribution in [-0.4, -0.2) is 86.5 Å². The molecule has 12 heteroatoms. The number of amides is 2. The molecule has 1 N–H and O–H groups in total. The topological polar surface area (TPSA) is 127 Å². The maximum atomic E-state index is 13.4. The number of nitrogens with zero attached hydrogens (tertiary/aromatic N) is 4. The second-order valence-electron chi connectivity index (χ2n) is 12.3. The smallest absolute Gasteiger partial charge is 0.287 e. The molecule has 4 aromatic rings. The quantitative estimate of drug-likeness (QED) is 0.285. The lowest BCUT2D eigenvalue weighted by Crippen LogP contribution is -2.48. The normalized spacial score (nSPS) is 16.7. The van der Waals surface area contributed by atoms with Crippen LogP contribution in [0.1, 0.15) is 50.4 Å². The molecule has 3 heterocycles. The number of rotatable bonds is 8. The number of furan rings is 1. The summed E-state index contributed by atoms with van der Waals surface area (Å²) < 4.78 is 29.6. The van der Waals surface area contributed by atoms with E-state index in [1.807, 2.05) is 29.2 Å². The summed E-state index contributed by atoms with van der Waals surface area (Å²) in [5.41, 5.74) is 3.82. The number of fused-ring (bicyclic) bond motifs is 1. The van der Waals surface area contributed by atoms with Crippen LogP contribution in [0.4, 0.5) is 0 Å². The van der Waals surface area contributed by atoms with Crippen molar-refractivity contribution in [3.8, 4) is 6.07 Å². The van der Waals surface area contributed by atoms with Crippen LogP contribution in [0.5, 0.6) is 0 Å². The number of sulfone groups is 1. The zero-order valence-electron chi connectivity index (χ0n) is 26.1. The predicted molar refractivity (Wildman–Crippen MR) is 179 cm³/mol. The number of carbonyl (C=O) groups excluding carboxylic acids is 2. The van der Waals surface area contributed by atoms with E-state index >= 15 is 0 Å². The molecule has 2 fully saturated rings. The van der Waals surface area contributed by atoms with Crippen molar-refractivity contribution in [3.05, 3.63) is 99.8 Å². The summed E-state index contributed by atoms with van der Waals surface area (Å²) in [5.74, 6) is -0.113. The molecule has 0 aliphatic carbocycles. The SMILES string of the molecule is CS(=O)(=O)c1ccc(CN2CCN(C(=O)c3ccc4oc(C(=O)NC5CCN(Cc6ccc(C#N)cc6)CC5)cc4c3)CC2)cc1Cl. The van der Waals surface area contributed by atoms with Gasteiger partial charge in [-0.3, -0.25) is 19.4 Å². The van der Waals surface area contributed by atoms with Crippen molar-refractivity contribution in [1.82, 2.24) is 20.0 Å². The number of hydrogen-bond acceptors (Lipinski definition) is 8. The Kier molecular flexibility index (Phi) is 9.66. The minimum absolute atomic E-state index is 0.0487. The Morgan fingerprint density at radius 3 is 2.21 bits per heavy atom. The zero-order valence-corrected chi connectivity index (χ0v) is 27.7. The lowest BCUT2D eigenvalue weighted by molar-refractivity contribution is 0.0628. The van der Waals surface area contributed by atoms with E-state index in [1.54, 1.807) is 42.5 Å². The van der Waals surface area contributed by atoms with Gasteiger partial charge in [-0.2, -0.15) is 5.26 Å². The highest BCUT2D eigenvalue weighted by molar-refractivity contribution is 7.90. The second-order valence-corrected chi connectivity index (χ2v) is 14.7. The van der Waals surface area contributed by atoms with Gasteiger partial charge in [0.05, 0.1) is 21.6 Å². The molecule has 6 rings (SSSR count). The molecule has 2 saturated heterocycles. The van der Waals surface area contributed by atoms with Crippen molar-refractivity contribution in [2.45, 2.75) is 36.9 Å². The van der Waals surface area contributed by atoms with Crippen LogP contribution < -0.4 is 5.32 Å². The van der Waals surface area contributed by atoms with Gasteiger partial charge in [-0.25, -0.2) is 8.42 Å². The number of benzene rings is 3. The number of nitrogens with one attached hydrogen (secondary N) is 1. The van der Waals surface area contributed by atoms with E-state index in [4.69, 9.17) is 21.3 Å². The monoisotopic (exact) mass is 673 g/mol. The summed E-state index contributed by atoms with van der Waals surface area (Å²) in [4.78, 5) is 32.9. The van der Waals surface area contributed by atoms with Gasteiger partial charge in [-0.1, -0.05) is 29.8 Å². The van der Waals surface area contributed by atoms with Gasteiger partial charge >= 0.3 is 0 Å². The Morgan fingerprint density at radius 1 is 0.894 bits per heavy atom. The standard InChI is InChI=1S/C35H36ClN5O5S/c1-47(44,45)33-9-6-26(18-30(33)36)23-40-14-16-41(17-15-40)35(43)27-7-8-31-28(19-27)20-32(46-31)34(42)38-29-10-12-39(13-11-29)22-25-4-2-24(21-37)3-5-25/h2-9,18-20,29H,10-17,22-23H2,1H3,(H,38,42). The molecular weight excluding hydrogens is 638 g/mol. The molecular formula is C35H36ClN5O5S. The minimum atomic E-state index is -3.38. The highest BCUT2D eigenvalue weighted by atomic mass is 35.5. The molecule has 244 valence electrons. The lowest BCUT2D eigenvalue weighted by Gasteiger charge is -2.34. The van der Waals surface area contributed by atoms with Crippen LogP contribution in [-0.2, 0) is 22.9 Å². The van der Waals surface area contributed by atoms with Crippen molar-refractivity contribution in [2.75, 3.05) is 45.5 Å². The molecule has 0 radical (unpaired) electrons. The molecule has 3 aromatic carbocycles. The van der Waals surface area contributed by atoms with Gasteiger partial charge in [0.1, 0.15) is 5.58 Å². The predicted octanol–water partition coefficient (Wildman–Crippen LogP) is 4.71. The Bertz CT molecular complexity index is 1940. The van der Waals surface area contributed by atoms with E-state index in [-0.39, 0.29) is 33.5 Å². The van der Waals surface area contributed by atoms with Crippen LogP contribution in [0.2, 0.25) is 5.02 Å². The fraction of sp³-hybridized carbons (Fsp3) is 0.343. The average Bonchev–Trinajstić information content (AvgIpc) is 3.49. The number of halogens is 1. The van der Waals surface area contributed by atoms with Crippen LogP contribution in [0.15, 0.2) is 76.0 Å². The molecule has 2 aliphatic heterocycles. The van der Waals surface area contributed by atoms with Crippen molar-refractivity contribution < 1.29 is 22.4 Å². The first-order valence-electron chi connectivity index (χ1n) is 15.6. The third-order valence-electron chi connectivity index (χ3n) is 8.86. The molecule has 0 unspecified atom stereocenters. The summed E-state index contributed by atoms with van der Waals surface area (Å²) in [5, 5.41) is 13.0. The molecule has 2 amide bonds. The Balaban J connectivity index is 0.994. The fourth-order valence-electron chi connectivity index (χ4n) is 6.22. The van der Waals surface area contributed by atoms with E-state index in [1.165, 1.54) is 0 Å². The summed E-state index contributed by atoms with van der Waals surface area (Å²) in [6.45, 7) is 5.58. The van der Waals surface area contributed by atoms with Crippen molar-refractivity contribution in [2.24, 2.45) is 0 Å².